The van der Waals surface area contributed by atoms with Crippen LogP contribution in [0, 0.1) is 0 Å². The van der Waals surface area contributed by atoms with Crippen molar-refractivity contribution in [2.24, 2.45) is 0 Å². The molecule has 0 saturated carbocycles. The van der Waals surface area contributed by atoms with Crippen LogP contribution in [-0.4, -0.2) is 44.3 Å². The van der Waals surface area contributed by atoms with E-state index in [0.29, 0.717) is 19.7 Å². The van der Waals surface area contributed by atoms with Crippen LogP contribution in [0.2, 0.25) is 0 Å². The zero-order valence-corrected chi connectivity index (χ0v) is 13.9. The zero-order valence-electron chi connectivity index (χ0n) is 13.9. The van der Waals surface area contributed by atoms with E-state index in [1.165, 1.54) is 0 Å². The van der Waals surface area contributed by atoms with Crippen LogP contribution in [0.1, 0.15) is 6.42 Å². The first-order chi connectivity index (χ1) is 11.7. The number of hydrogen-bond acceptors (Lipinski definition) is 4. The molecule has 2 aromatic carbocycles. The second-order valence-corrected chi connectivity index (χ2v) is 5.76. The average Bonchev–Trinajstić information content (AvgIpc) is 3.01. The molecule has 0 spiro atoms. The lowest BCUT2D eigenvalue weighted by Crippen LogP contribution is -2.29. The van der Waals surface area contributed by atoms with Crippen LogP contribution in [0.15, 0.2) is 54.6 Å². The third kappa shape index (κ3) is 3.98. The summed E-state index contributed by atoms with van der Waals surface area (Å²) in [6, 6.07) is 17.7. The molecule has 5 heteroatoms. The van der Waals surface area contributed by atoms with Gasteiger partial charge in [0, 0.05) is 20.1 Å². The van der Waals surface area contributed by atoms with Gasteiger partial charge in [-0.2, -0.15) is 0 Å². The molecule has 1 saturated heterocycles. The highest BCUT2D eigenvalue weighted by atomic mass is 16.6. The minimum Gasteiger partial charge on any atom is -0.455 e. The van der Waals surface area contributed by atoms with E-state index in [9.17, 15) is 4.79 Å². The Morgan fingerprint density at radius 1 is 1.12 bits per heavy atom. The molecule has 5 nitrogen and oxygen atoms in total. The van der Waals surface area contributed by atoms with Crippen LogP contribution in [0.25, 0.3) is 0 Å². The summed E-state index contributed by atoms with van der Waals surface area (Å²) in [5.74, 6) is 1.64. The highest BCUT2D eigenvalue weighted by Gasteiger charge is 2.21. The summed E-state index contributed by atoms with van der Waals surface area (Å²) < 4.78 is 10.9. The molecule has 0 aromatic heterocycles. The van der Waals surface area contributed by atoms with Gasteiger partial charge >= 0.3 is 6.09 Å². The minimum absolute atomic E-state index is 0.203. The second-order valence-electron chi connectivity index (χ2n) is 5.76. The molecule has 1 aliphatic rings. The van der Waals surface area contributed by atoms with Crippen molar-refractivity contribution in [2.45, 2.75) is 6.42 Å². The van der Waals surface area contributed by atoms with Crippen LogP contribution in [0.4, 0.5) is 10.5 Å². The Hall–Kier alpha value is -2.69. The van der Waals surface area contributed by atoms with E-state index in [4.69, 9.17) is 9.47 Å². The largest absolute Gasteiger partial charge is 0.455 e. The van der Waals surface area contributed by atoms with Crippen molar-refractivity contribution >= 4 is 11.8 Å². The van der Waals surface area contributed by atoms with Crippen molar-refractivity contribution in [3.05, 3.63) is 54.6 Å². The van der Waals surface area contributed by atoms with Gasteiger partial charge in [0.1, 0.15) is 12.4 Å². The molecular formula is C19H22N2O3. The average molecular weight is 326 g/mol. The summed E-state index contributed by atoms with van der Waals surface area (Å²) in [7, 11) is 2.04. The molecule has 3 rings (SSSR count). The standard InChI is InChI=1S/C19H22N2O3/c1-20(12-7-13-21-14-15-23-19(21)22)17-10-5-6-11-18(17)24-16-8-3-2-4-9-16/h2-6,8-11H,7,12-15H2,1H3. The van der Waals surface area contributed by atoms with E-state index >= 15 is 0 Å². The zero-order chi connectivity index (χ0) is 16.8. The quantitative estimate of drug-likeness (QED) is 0.777. The number of rotatable bonds is 7. The first kappa shape index (κ1) is 16.2. The van der Waals surface area contributed by atoms with Gasteiger partial charge in [0.2, 0.25) is 0 Å². The smallest absolute Gasteiger partial charge is 0.409 e. The molecule has 0 bridgehead atoms. The predicted molar refractivity (Wildman–Crippen MR) is 93.8 cm³/mol. The summed E-state index contributed by atoms with van der Waals surface area (Å²) in [6.07, 6.45) is 0.677. The molecule has 24 heavy (non-hydrogen) atoms. The molecule has 126 valence electrons. The van der Waals surface area contributed by atoms with Gasteiger partial charge in [-0.3, -0.25) is 0 Å². The number of amides is 1. The molecule has 0 N–H and O–H groups in total. The fourth-order valence-electron chi connectivity index (χ4n) is 2.72. The van der Waals surface area contributed by atoms with Crippen molar-refractivity contribution in [3.63, 3.8) is 0 Å². The summed E-state index contributed by atoms with van der Waals surface area (Å²) >= 11 is 0. The lowest BCUT2D eigenvalue weighted by Gasteiger charge is -2.23. The molecule has 1 fully saturated rings. The maximum absolute atomic E-state index is 11.4. The van der Waals surface area contributed by atoms with Gasteiger partial charge in [-0.25, -0.2) is 4.79 Å². The number of anilines is 1. The lowest BCUT2D eigenvalue weighted by atomic mass is 10.2. The first-order valence-electron chi connectivity index (χ1n) is 8.19. The number of nitrogens with zero attached hydrogens (tertiary/aromatic N) is 2. The van der Waals surface area contributed by atoms with Crippen molar-refractivity contribution in [3.8, 4) is 11.5 Å². The van der Waals surface area contributed by atoms with Gasteiger partial charge < -0.3 is 19.3 Å². The number of para-hydroxylation sites is 3. The number of benzene rings is 2. The normalized spacial score (nSPS) is 13.7. The van der Waals surface area contributed by atoms with Crippen molar-refractivity contribution in [1.29, 1.82) is 0 Å². The summed E-state index contributed by atoms with van der Waals surface area (Å²) in [5, 5.41) is 0. The Balaban J connectivity index is 1.60. The van der Waals surface area contributed by atoms with Crippen LogP contribution >= 0.6 is 0 Å². The molecule has 0 radical (unpaired) electrons. The van der Waals surface area contributed by atoms with E-state index in [0.717, 1.165) is 30.2 Å². The molecule has 1 amide bonds. The molecular weight excluding hydrogens is 304 g/mol. The Morgan fingerprint density at radius 2 is 1.88 bits per heavy atom. The topological polar surface area (TPSA) is 42.0 Å². The molecule has 1 heterocycles. The van der Waals surface area contributed by atoms with Gasteiger partial charge in [0.15, 0.2) is 5.75 Å². The van der Waals surface area contributed by atoms with Gasteiger partial charge in [0.25, 0.3) is 0 Å². The Kier molecular flexibility index (Phi) is 5.21. The minimum atomic E-state index is -0.203. The molecule has 0 aliphatic carbocycles. The fraction of sp³-hybridized carbons (Fsp3) is 0.316. The summed E-state index contributed by atoms with van der Waals surface area (Å²) in [6.45, 7) is 2.74. The first-order valence-corrected chi connectivity index (χ1v) is 8.19. The van der Waals surface area contributed by atoms with E-state index in [-0.39, 0.29) is 6.09 Å². The summed E-state index contributed by atoms with van der Waals surface area (Å²) in [4.78, 5) is 15.4. The molecule has 1 aliphatic heterocycles. The molecule has 2 aromatic rings. The maximum Gasteiger partial charge on any atom is 0.409 e. The van der Waals surface area contributed by atoms with Gasteiger partial charge in [-0.1, -0.05) is 30.3 Å². The monoisotopic (exact) mass is 326 g/mol. The van der Waals surface area contributed by atoms with E-state index in [1.807, 2.05) is 61.6 Å². The third-order valence-electron chi connectivity index (χ3n) is 4.01. The third-order valence-corrected chi connectivity index (χ3v) is 4.01. The van der Waals surface area contributed by atoms with E-state index in [2.05, 4.69) is 4.90 Å². The number of cyclic esters (lactones) is 1. The van der Waals surface area contributed by atoms with Crippen molar-refractivity contribution in [1.82, 2.24) is 4.90 Å². The molecule has 0 unspecified atom stereocenters. The van der Waals surface area contributed by atoms with E-state index < -0.39 is 0 Å². The lowest BCUT2D eigenvalue weighted by molar-refractivity contribution is 0.158. The van der Waals surface area contributed by atoms with Gasteiger partial charge in [-0.15, -0.1) is 0 Å². The van der Waals surface area contributed by atoms with Crippen LogP contribution < -0.4 is 9.64 Å². The van der Waals surface area contributed by atoms with Gasteiger partial charge in [0.05, 0.1) is 12.2 Å². The number of carbonyl (C=O) groups excluding carboxylic acids is 1. The van der Waals surface area contributed by atoms with E-state index in [1.54, 1.807) is 4.90 Å². The second kappa shape index (κ2) is 7.73. The van der Waals surface area contributed by atoms with Crippen LogP contribution in [-0.2, 0) is 4.74 Å². The highest BCUT2D eigenvalue weighted by Crippen LogP contribution is 2.31. The summed E-state index contributed by atoms with van der Waals surface area (Å²) in [5.41, 5.74) is 1.03. The Morgan fingerprint density at radius 3 is 2.62 bits per heavy atom. The van der Waals surface area contributed by atoms with Crippen molar-refractivity contribution < 1.29 is 14.3 Å². The number of ether oxygens (including phenoxy) is 2. The van der Waals surface area contributed by atoms with Gasteiger partial charge in [-0.05, 0) is 30.7 Å². The predicted octanol–water partition coefficient (Wildman–Crippen LogP) is 3.76. The molecule has 0 atom stereocenters. The SMILES string of the molecule is CN(CCCN1CCOC1=O)c1ccccc1Oc1ccccc1. The highest BCUT2D eigenvalue weighted by molar-refractivity contribution is 5.69. The van der Waals surface area contributed by atoms with Crippen molar-refractivity contribution in [2.75, 3.05) is 38.2 Å². The van der Waals surface area contributed by atoms with Crippen LogP contribution in [0.3, 0.4) is 0 Å². The fourth-order valence-corrected chi connectivity index (χ4v) is 2.72. The Bertz CT molecular complexity index is 675. The number of hydrogen-bond donors (Lipinski definition) is 0. The number of carbonyl (C=O) groups is 1. The van der Waals surface area contributed by atoms with Crippen LogP contribution in [0.5, 0.6) is 11.5 Å². The Labute approximate surface area is 142 Å². The maximum atomic E-state index is 11.4.